The molecule has 0 bridgehead atoms. The number of thiophene rings is 1. The number of amides is 2. The number of carbonyl (C=O) groups excluding carboxylic acids is 2. The van der Waals surface area contributed by atoms with Gasteiger partial charge in [0.1, 0.15) is 0 Å². The highest BCUT2D eigenvalue weighted by atomic mass is 35.5. The predicted octanol–water partition coefficient (Wildman–Crippen LogP) is 4.64. The fraction of sp³-hybridized carbons (Fsp3) is 0.125. The van der Waals surface area contributed by atoms with Crippen LogP contribution < -0.4 is 5.32 Å². The van der Waals surface area contributed by atoms with Crippen molar-refractivity contribution in [2.75, 3.05) is 13.6 Å². The molecule has 162 valence electrons. The van der Waals surface area contributed by atoms with Crippen LogP contribution in [0.2, 0.25) is 5.02 Å². The lowest BCUT2D eigenvalue weighted by molar-refractivity contribution is -0.129. The molecule has 2 aromatic carbocycles. The van der Waals surface area contributed by atoms with Gasteiger partial charge in [-0.15, -0.1) is 0 Å². The van der Waals surface area contributed by atoms with Crippen LogP contribution in [0.15, 0.2) is 77.6 Å². The van der Waals surface area contributed by atoms with Gasteiger partial charge in [-0.2, -0.15) is 16.4 Å². The number of likely N-dealkylation sites (N-methyl/N-ethyl adjacent to an activating group) is 1. The van der Waals surface area contributed by atoms with Crippen molar-refractivity contribution in [3.05, 3.63) is 93.8 Å². The molecule has 0 saturated carbocycles. The van der Waals surface area contributed by atoms with Crippen molar-refractivity contribution in [2.24, 2.45) is 0 Å². The summed E-state index contributed by atoms with van der Waals surface area (Å²) in [5.41, 5.74) is 4.04. The van der Waals surface area contributed by atoms with Gasteiger partial charge < -0.3 is 10.2 Å². The first kappa shape index (κ1) is 21.8. The lowest BCUT2D eigenvalue weighted by Crippen LogP contribution is -2.37. The number of hydrogen-bond acceptors (Lipinski definition) is 4. The van der Waals surface area contributed by atoms with E-state index in [1.54, 1.807) is 28.1 Å². The molecule has 8 heteroatoms. The standard InChI is InChI=1S/C24H21ClN4O2S/c1-28(22(30)13-26-24(31)18-11-12-32-16-18)14-19-15-29(21-5-3-2-4-6-21)27-23(19)17-7-9-20(25)10-8-17/h2-12,15-16H,13-14H2,1H3,(H,26,31). The van der Waals surface area contributed by atoms with E-state index in [-0.39, 0.29) is 18.4 Å². The molecule has 0 unspecified atom stereocenters. The quantitative estimate of drug-likeness (QED) is 0.433. The van der Waals surface area contributed by atoms with E-state index in [1.165, 1.54) is 11.3 Å². The third-order valence-corrected chi connectivity index (χ3v) is 5.88. The van der Waals surface area contributed by atoms with E-state index in [4.69, 9.17) is 16.7 Å². The summed E-state index contributed by atoms with van der Waals surface area (Å²) >= 11 is 7.49. The summed E-state index contributed by atoms with van der Waals surface area (Å²) in [6.45, 7) is 0.270. The van der Waals surface area contributed by atoms with E-state index in [9.17, 15) is 9.59 Å². The average Bonchev–Trinajstić information content (AvgIpc) is 3.49. The monoisotopic (exact) mass is 464 g/mol. The number of hydrogen-bond donors (Lipinski definition) is 1. The first-order chi connectivity index (χ1) is 15.5. The highest BCUT2D eigenvalue weighted by Crippen LogP contribution is 2.26. The molecule has 0 aliphatic carbocycles. The Morgan fingerprint density at radius 2 is 1.84 bits per heavy atom. The molecule has 4 rings (SSSR count). The first-order valence-electron chi connectivity index (χ1n) is 9.95. The zero-order valence-corrected chi connectivity index (χ0v) is 18.9. The highest BCUT2D eigenvalue weighted by Gasteiger charge is 2.18. The zero-order chi connectivity index (χ0) is 22.5. The molecule has 2 aromatic heterocycles. The Morgan fingerprint density at radius 3 is 2.53 bits per heavy atom. The number of aromatic nitrogens is 2. The molecule has 0 aliphatic heterocycles. The van der Waals surface area contributed by atoms with Crippen molar-refractivity contribution in [3.63, 3.8) is 0 Å². The Labute approximate surface area is 195 Å². The number of nitrogens with zero attached hydrogens (tertiary/aromatic N) is 3. The van der Waals surface area contributed by atoms with E-state index in [0.29, 0.717) is 17.1 Å². The Morgan fingerprint density at radius 1 is 1.09 bits per heavy atom. The number of benzene rings is 2. The Bertz CT molecular complexity index is 1200. The summed E-state index contributed by atoms with van der Waals surface area (Å²) in [5, 5.41) is 11.7. The molecule has 2 amide bonds. The molecular formula is C24H21ClN4O2S. The molecule has 0 saturated heterocycles. The molecule has 0 fully saturated rings. The SMILES string of the molecule is CN(Cc1cn(-c2ccccc2)nc1-c1ccc(Cl)cc1)C(=O)CNC(=O)c1ccsc1. The minimum absolute atomic E-state index is 0.0751. The van der Waals surface area contributed by atoms with Gasteiger partial charge in [0.2, 0.25) is 5.91 Å². The lowest BCUT2D eigenvalue weighted by atomic mass is 10.1. The van der Waals surface area contributed by atoms with Crippen LogP contribution in [0, 0.1) is 0 Å². The van der Waals surface area contributed by atoms with Gasteiger partial charge in [0, 0.05) is 46.9 Å². The molecule has 0 radical (unpaired) electrons. The fourth-order valence-corrected chi connectivity index (χ4v) is 3.98. The van der Waals surface area contributed by atoms with Crippen LogP contribution in [0.3, 0.4) is 0 Å². The van der Waals surface area contributed by atoms with Gasteiger partial charge in [-0.05, 0) is 35.7 Å². The molecule has 4 aromatic rings. The van der Waals surface area contributed by atoms with Crippen LogP contribution in [0.5, 0.6) is 0 Å². The van der Waals surface area contributed by atoms with Gasteiger partial charge >= 0.3 is 0 Å². The van der Waals surface area contributed by atoms with Gasteiger partial charge in [-0.3, -0.25) is 9.59 Å². The third kappa shape index (κ3) is 5.07. The predicted molar refractivity (Wildman–Crippen MR) is 127 cm³/mol. The summed E-state index contributed by atoms with van der Waals surface area (Å²) in [7, 11) is 1.71. The molecule has 6 nitrogen and oxygen atoms in total. The van der Waals surface area contributed by atoms with Crippen molar-refractivity contribution in [1.82, 2.24) is 20.0 Å². The summed E-state index contributed by atoms with van der Waals surface area (Å²) < 4.78 is 1.80. The fourth-order valence-electron chi connectivity index (χ4n) is 3.22. The number of rotatable bonds is 7. The number of carbonyl (C=O) groups is 2. The Kier molecular flexibility index (Phi) is 6.68. The maximum Gasteiger partial charge on any atom is 0.252 e. The molecule has 0 aliphatic rings. The zero-order valence-electron chi connectivity index (χ0n) is 17.4. The molecule has 32 heavy (non-hydrogen) atoms. The molecule has 2 heterocycles. The van der Waals surface area contributed by atoms with Crippen molar-refractivity contribution < 1.29 is 9.59 Å². The number of nitrogens with one attached hydrogen (secondary N) is 1. The summed E-state index contributed by atoms with van der Waals surface area (Å²) in [5.74, 6) is -0.449. The lowest BCUT2D eigenvalue weighted by Gasteiger charge is -2.17. The van der Waals surface area contributed by atoms with E-state index in [0.717, 1.165) is 22.5 Å². The van der Waals surface area contributed by atoms with Crippen LogP contribution in [0.4, 0.5) is 0 Å². The van der Waals surface area contributed by atoms with Crippen LogP contribution in [-0.4, -0.2) is 40.1 Å². The first-order valence-corrected chi connectivity index (χ1v) is 11.3. The Hall–Kier alpha value is -3.42. The molecule has 1 N–H and O–H groups in total. The summed E-state index contributed by atoms with van der Waals surface area (Å²) in [4.78, 5) is 26.4. The number of halogens is 1. The topological polar surface area (TPSA) is 67.2 Å². The molecule has 0 spiro atoms. The average molecular weight is 465 g/mol. The normalized spacial score (nSPS) is 10.7. The Balaban J connectivity index is 1.53. The summed E-state index contributed by atoms with van der Waals surface area (Å²) in [6.07, 6.45) is 1.92. The maximum absolute atomic E-state index is 12.7. The van der Waals surface area contributed by atoms with Crippen LogP contribution in [-0.2, 0) is 11.3 Å². The van der Waals surface area contributed by atoms with E-state index in [1.807, 2.05) is 66.2 Å². The van der Waals surface area contributed by atoms with Gasteiger partial charge in [0.15, 0.2) is 0 Å². The number of para-hydroxylation sites is 1. The van der Waals surface area contributed by atoms with E-state index in [2.05, 4.69) is 5.32 Å². The second kappa shape index (κ2) is 9.80. The van der Waals surface area contributed by atoms with Crippen molar-refractivity contribution >= 4 is 34.8 Å². The van der Waals surface area contributed by atoms with Gasteiger partial charge in [-0.1, -0.05) is 41.9 Å². The van der Waals surface area contributed by atoms with Crippen LogP contribution in [0.1, 0.15) is 15.9 Å². The third-order valence-electron chi connectivity index (χ3n) is 4.95. The highest BCUT2D eigenvalue weighted by molar-refractivity contribution is 7.08. The van der Waals surface area contributed by atoms with Crippen molar-refractivity contribution in [2.45, 2.75) is 6.54 Å². The summed E-state index contributed by atoms with van der Waals surface area (Å²) in [6, 6.07) is 19.0. The van der Waals surface area contributed by atoms with Gasteiger partial charge in [0.05, 0.1) is 17.9 Å². The van der Waals surface area contributed by atoms with Gasteiger partial charge in [-0.25, -0.2) is 4.68 Å². The van der Waals surface area contributed by atoms with E-state index < -0.39 is 0 Å². The van der Waals surface area contributed by atoms with Crippen molar-refractivity contribution in [1.29, 1.82) is 0 Å². The second-order valence-electron chi connectivity index (χ2n) is 7.23. The smallest absolute Gasteiger partial charge is 0.252 e. The van der Waals surface area contributed by atoms with Crippen LogP contribution >= 0.6 is 22.9 Å². The van der Waals surface area contributed by atoms with E-state index >= 15 is 0 Å². The van der Waals surface area contributed by atoms with Crippen LogP contribution in [0.25, 0.3) is 16.9 Å². The minimum atomic E-state index is -0.258. The second-order valence-corrected chi connectivity index (χ2v) is 8.45. The molecule has 0 atom stereocenters. The maximum atomic E-state index is 12.7. The minimum Gasteiger partial charge on any atom is -0.343 e. The van der Waals surface area contributed by atoms with Crippen molar-refractivity contribution in [3.8, 4) is 16.9 Å². The largest absolute Gasteiger partial charge is 0.343 e. The molecular weight excluding hydrogens is 444 g/mol. The van der Waals surface area contributed by atoms with Gasteiger partial charge in [0.25, 0.3) is 5.91 Å².